The third-order valence-corrected chi connectivity index (χ3v) is 7.14. The van der Waals surface area contributed by atoms with Gasteiger partial charge in [-0.1, -0.05) is 0 Å². The summed E-state index contributed by atoms with van der Waals surface area (Å²) in [6, 6.07) is 4.17. The van der Waals surface area contributed by atoms with E-state index in [1.54, 1.807) is 6.08 Å². The van der Waals surface area contributed by atoms with E-state index in [0.29, 0.717) is 86.0 Å². The molecule has 4 amide bonds. The molecule has 190 valence electrons. The summed E-state index contributed by atoms with van der Waals surface area (Å²) in [5.74, 6) is -0.925. The van der Waals surface area contributed by atoms with Crippen LogP contribution in [0, 0.1) is 19.7 Å². The molecule has 1 aromatic carbocycles. The monoisotopic (exact) mass is 495 g/mol. The fraction of sp³-hybridized carbons (Fsp3) is 0.423. The number of amides is 4. The maximum atomic E-state index is 13.8. The predicted molar refractivity (Wildman–Crippen MR) is 133 cm³/mol. The number of aromatic nitrogens is 1. The van der Waals surface area contributed by atoms with Crippen molar-refractivity contribution in [1.29, 1.82) is 0 Å². The van der Waals surface area contributed by atoms with E-state index in [1.807, 2.05) is 23.6 Å². The number of fused-ring (bicyclic) bond motifs is 1. The fourth-order valence-corrected chi connectivity index (χ4v) is 5.13. The highest BCUT2D eigenvalue weighted by molar-refractivity contribution is 6.34. The van der Waals surface area contributed by atoms with Crippen molar-refractivity contribution >= 4 is 35.2 Å². The average Bonchev–Trinajstić information content (AvgIpc) is 3.33. The molecule has 9 nitrogen and oxygen atoms in total. The van der Waals surface area contributed by atoms with E-state index in [1.165, 1.54) is 18.2 Å². The molecule has 4 heterocycles. The van der Waals surface area contributed by atoms with Crippen molar-refractivity contribution in [3.8, 4) is 0 Å². The van der Waals surface area contributed by atoms with E-state index in [2.05, 4.69) is 15.6 Å². The Morgan fingerprint density at radius 1 is 1.11 bits per heavy atom. The number of aryl methyl sites for hydroxylation is 1. The van der Waals surface area contributed by atoms with E-state index in [-0.39, 0.29) is 23.9 Å². The van der Waals surface area contributed by atoms with Gasteiger partial charge < -0.3 is 30.2 Å². The number of aromatic amines is 1. The first-order valence-electron chi connectivity index (χ1n) is 12.3. The van der Waals surface area contributed by atoms with Gasteiger partial charge in [0, 0.05) is 54.9 Å². The zero-order chi connectivity index (χ0) is 25.4. The molecule has 36 heavy (non-hydrogen) atoms. The van der Waals surface area contributed by atoms with Crippen molar-refractivity contribution in [2.75, 3.05) is 44.7 Å². The molecule has 0 atom stereocenters. The number of nitrogens with zero attached hydrogens (tertiary/aromatic N) is 2. The number of H-pyrrole nitrogens is 1. The van der Waals surface area contributed by atoms with Gasteiger partial charge in [-0.15, -0.1) is 0 Å². The molecular weight excluding hydrogens is 465 g/mol. The lowest BCUT2D eigenvalue weighted by molar-refractivity contribution is -0.110. The molecule has 0 radical (unpaired) electrons. The van der Waals surface area contributed by atoms with Crippen molar-refractivity contribution in [2.24, 2.45) is 0 Å². The van der Waals surface area contributed by atoms with Crippen LogP contribution >= 0.6 is 0 Å². The maximum absolute atomic E-state index is 13.8. The molecule has 3 aliphatic heterocycles. The van der Waals surface area contributed by atoms with Crippen LogP contribution in [0.4, 0.5) is 14.9 Å². The van der Waals surface area contributed by atoms with Gasteiger partial charge in [-0.3, -0.25) is 9.59 Å². The normalized spacial score (nSPS) is 19.4. The van der Waals surface area contributed by atoms with Crippen LogP contribution in [0.25, 0.3) is 11.6 Å². The molecule has 10 heteroatoms. The Morgan fingerprint density at radius 2 is 1.81 bits per heavy atom. The molecule has 1 aromatic heterocycles. The van der Waals surface area contributed by atoms with Gasteiger partial charge in [0.25, 0.3) is 11.8 Å². The molecule has 3 aliphatic rings. The standard InChI is InChI=1S/C26H30FN5O4/c1-15-22(14-20-19-13-17(27)3-4-21(19)30-24(20)33)28-16(2)23(15)25(34)29-18-5-7-31(8-6-18)26(35)32-9-11-36-12-10-32/h3-4,13-14,18,28H,5-12H2,1-2H3,(H,29,34)(H,30,33). The minimum absolute atomic E-state index is 0.0304. The first-order chi connectivity index (χ1) is 17.3. The van der Waals surface area contributed by atoms with Crippen LogP contribution in [0.3, 0.4) is 0 Å². The number of likely N-dealkylation sites (tertiary alicyclic amines) is 1. The number of ether oxygens (including phenoxy) is 1. The number of piperidine rings is 1. The van der Waals surface area contributed by atoms with E-state index in [9.17, 15) is 18.8 Å². The third kappa shape index (κ3) is 4.60. The van der Waals surface area contributed by atoms with Gasteiger partial charge in [0.15, 0.2) is 0 Å². The van der Waals surface area contributed by atoms with Crippen molar-refractivity contribution in [2.45, 2.75) is 32.7 Å². The molecule has 0 unspecified atom stereocenters. The molecular formula is C26H30FN5O4. The lowest BCUT2D eigenvalue weighted by Gasteiger charge is -2.37. The van der Waals surface area contributed by atoms with Gasteiger partial charge in [0.05, 0.1) is 24.4 Å². The quantitative estimate of drug-likeness (QED) is 0.569. The molecule has 0 aliphatic carbocycles. The maximum Gasteiger partial charge on any atom is 0.320 e. The minimum atomic E-state index is -0.423. The average molecular weight is 496 g/mol. The Bertz CT molecular complexity index is 1240. The zero-order valence-corrected chi connectivity index (χ0v) is 20.4. The molecule has 0 spiro atoms. The van der Waals surface area contributed by atoms with E-state index in [4.69, 9.17) is 4.74 Å². The summed E-state index contributed by atoms with van der Waals surface area (Å²) >= 11 is 0. The summed E-state index contributed by atoms with van der Waals surface area (Å²) in [5, 5.41) is 5.86. The highest BCUT2D eigenvalue weighted by atomic mass is 19.1. The molecule has 0 bridgehead atoms. The second-order valence-electron chi connectivity index (χ2n) is 9.48. The highest BCUT2D eigenvalue weighted by Gasteiger charge is 2.30. The van der Waals surface area contributed by atoms with E-state index >= 15 is 0 Å². The van der Waals surface area contributed by atoms with Crippen LogP contribution in [0.15, 0.2) is 18.2 Å². The Hall–Kier alpha value is -3.66. The van der Waals surface area contributed by atoms with Crippen LogP contribution in [0.1, 0.15) is 45.7 Å². The van der Waals surface area contributed by atoms with Gasteiger partial charge >= 0.3 is 6.03 Å². The predicted octanol–water partition coefficient (Wildman–Crippen LogP) is 2.91. The molecule has 2 saturated heterocycles. The molecule has 3 N–H and O–H groups in total. The van der Waals surface area contributed by atoms with Gasteiger partial charge in [0.2, 0.25) is 0 Å². The van der Waals surface area contributed by atoms with Crippen LogP contribution in [0.5, 0.6) is 0 Å². The number of carbonyl (C=O) groups excluding carboxylic acids is 3. The smallest absolute Gasteiger partial charge is 0.320 e. The number of morpholine rings is 1. The summed E-state index contributed by atoms with van der Waals surface area (Å²) in [7, 11) is 0. The molecule has 2 aromatic rings. The minimum Gasteiger partial charge on any atom is -0.378 e. The van der Waals surface area contributed by atoms with Gasteiger partial charge in [-0.05, 0) is 56.5 Å². The summed E-state index contributed by atoms with van der Waals surface area (Å²) in [4.78, 5) is 45.3. The summed E-state index contributed by atoms with van der Waals surface area (Å²) in [6.07, 6.45) is 3.03. The lowest BCUT2D eigenvalue weighted by Crippen LogP contribution is -2.52. The van der Waals surface area contributed by atoms with Gasteiger partial charge in [0.1, 0.15) is 5.82 Å². The van der Waals surface area contributed by atoms with E-state index < -0.39 is 5.82 Å². The molecule has 5 rings (SSSR count). The number of urea groups is 1. The van der Waals surface area contributed by atoms with Crippen LogP contribution in [0.2, 0.25) is 0 Å². The SMILES string of the molecule is Cc1[nH]c(C=C2C(=O)Nc3ccc(F)cc32)c(C)c1C(=O)NC1CCN(C(=O)N2CCOCC2)CC1. The molecule has 2 fully saturated rings. The van der Waals surface area contributed by atoms with Crippen LogP contribution < -0.4 is 10.6 Å². The molecule has 0 saturated carbocycles. The summed E-state index contributed by atoms with van der Waals surface area (Å²) < 4.78 is 19.1. The Balaban J connectivity index is 1.25. The van der Waals surface area contributed by atoms with Crippen molar-refractivity contribution < 1.29 is 23.5 Å². The lowest BCUT2D eigenvalue weighted by atomic mass is 10.0. The number of halogens is 1. The Kier molecular flexibility index (Phi) is 6.53. The number of carbonyl (C=O) groups is 3. The number of nitrogens with one attached hydrogen (secondary N) is 3. The number of anilines is 1. The van der Waals surface area contributed by atoms with E-state index in [0.717, 1.165) is 5.56 Å². The van der Waals surface area contributed by atoms with Gasteiger partial charge in [-0.2, -0.15) is 0 Å². The number of rotatable bonds is 3. The van der Waals surface area contributed by atoms with Crippen LogP contribution in [-0.2, 0) is 9.53 Å². The van der Waals surface area contributed by atoms with Crippen molar-refractivity contribution in [1.82, 2.24) is 20.1 Å². The first kappa shape index (κ1) is 24.1. The Morgan fingerprint density at radius 3 is 2.53 bits per heavy atom. The second kappa shape index (κ2) is 9.77. The number of hydrogen-bond acceptors (Lipinski definition) is 4. The first-order valence-corrected chi connectivity index (χ1v) is 12.3. The largest absolute Gasteiger partial charge is 0.378 e. The zero-order valence-electron chi connectivity index (χ0n) is 20.4. The topological polar surface area (TPSA) is 107 Å². The van der Waals surface area contributed by atoms with Gasteiger partial charge in [-0.25, -0.2) is 9.18 Å². The second-order valence-corrected chi connectivity index (χ2v) is 9.48. The van der Waals surface area contributed by atoms with Crippen molar-refractivity contribution in [3.63, 3.8) is 0 Å². The fourth-order valence-electron chi connectivity index (χ4n) is 5.13. The highest BCUT2D eigenvalue weighted by Crippen LogP contribution is 2.34. The number of hydrogen-bond donors (Lipinski definition) is 3. The Labute approximate surface area is 208 Å². The third-order valence-electron chi connectivity index (χ3n) is 7.14. The number of benzene rings is 1. The summed E-state index contributed by atoms with van der Waals surface area (Å²) in [5.41, 5.74) is 3.97. The summed E-state index contributed by atoms with van der Waals surface area (Å²) in [6.45, 7) is 7.19. The van der Waals surface area contributed by atoms with Crippen molar-refractivity contribution in [3.05, 3.63) is 52.1 Å². The van der Waals surface area contributed by atoms with Crippen LogP contribution in [-0.4, -0.2) is 78.1 Å².